The second-order valence-corrected chi connectivity index (χ2v) is 6.20. The van der Waals surface area contributed by atoms with Gasteiger partial charge in [-0.3, -0.25) is 4.79 Å². The first kappa shape index (κ1) is 19.1. The molecule has 0 heterocycles. The van der Waals surface area contributed by atoms with Crippen LogP contribution < -0.4 is 5.73 Å². The molecule has 0 radical (unpaired) electrons. The number of nitrogens with zero attached hydrogens (tertiary/aromatic N) is 2. The zero-order valence-corrected chi connectivity index (χ0v) is 14.2. The fourth-order valence-electron chi connectivity index (χ4n) is 2.54. The SMILES string of the molecule is CCCC(CCC)(C(=O)N(C)C(C)CSC)C(N)=NO. The van der Waals surface area contributed by atoms with Gasteiger partial charge in [0.05, 0.1) is 0 Å². The standard InChI is InChI=1S/C14H29N3O2S/c1-6-8-14(9-7-2,12(15)16-19)13(18)17(4)11(3)10-20-5/h11,19H,6-10H2,1-5H3,(H2,15,16). The van der Waals surface area contributed by atoms with Gasteiger partial charge in [-0.1, -0.05) is 31.8 Å². The van der Waals surface area contributed by atoms with Gasteiger partial charge in [0.25, 0.3) is 0 Å². The Kier molecular flexibility index (Phi) is 8.69. The molecule has 0 fully saturated rings. The zero-order valence-electron chi connectivity index (χ0n) is 13.3. The van der Waals surface area contributed by atoms with Gasteiger partial charge in [0.2, 0.25) is 5.91 Å². The summed E-state index contributed by atoms with van der Waals surface area (Å²) < 4.78 is 0. The molecular formula is C14H29N3O2S. The summed E-state index contributed by atoms with van der Waals surface area (Å²) in [6, 6.07) is 0.122. The Morgan fingerprint density at radius 3 is 2.25 bits per heavy atom. The minimum Gasteiger partial charge on any atom is -0.409 e. The molecule has 0 aliphatic carbocycles. The molecule has 5 nitrogen and oxygen atoms in total. The highest BCUT2D eigenvalue weighted by molar-refractivity contribution is 7.98. The molecule has 0 aromatic carbocycles. The molecule has 0 saturated heterocycles. The van der Waals surface area contributed by atoms with E-state index in [1.165, 1.54) is 0 Å². The van der Waals surface area contributed by atoms with Crippen LogP contribution in [-0.4, -0.2) is 46.9 Å². The number of carbonyl (C=O) groups is 1. The summed E-state index contributed by atoms with van der Waals surface area (Å²) >= 11 is 1.70. The largest absolute Gasteiger partial charge is 0.409 e. The highest BCUT2D eigenvalue weighted by Gasteiger charge is 2.43. The number of rotatable bonds is 9. The van der Waals surface area contributed by atoms with Crippen molar-refractivity contribution in [3.05, 3.63) is 0 Å². The van der Waals surface area contributed by atoms with Crippen LogP contribution in [0.1, 0.15) is 46.5 Å². The fraction of sp³-hybridized carbons (Fsp3) is 0.857. The summed E-state index contributed by atoms with van der Waals surface area (Å²) in [5, 5.41) is 12.2. The minimum atomic E-state index is -0.875. The Balaban J connectivity index is 5.44. The monoisotopic (exact) mass is 303 g/mol. The maximum absolute atomic E-state index is 12.9. The number of carbonyl (C=O) groups excluding carboxylic acids is 1. The Labute approximate surface area is 127 Å². The molecule has 1 atom stereocenters. The van der Waals surface area contributed by atoms with E-state index in [0.717, 1.165) is 18.6 Å². The predicted molar refractivity (Wildman–Crippen MR) is 86.3 cm³/mol. The molecule has 1 amide bonds. The van der Waals surface area contributed by atoms with E-state index in [4.69, 9.17) is 10.9 Å². The van der Waals surface area contributed by atoms with Crippen molar-refractivity contribution >= 4 is 23.5 Å². The van der Waals surface area contributed by atoms with E-state index in [1.54, 1.807) is 23.7 Å². The first-order valence-corrected chi connectivity index (χ1v) is 8.54. The van der Waals surface area contributed by atoms with Crippen molar-refractivity contribution in [3.8, 4) is 0 Å². The maximum atomic E-state index is 12.9. The van der Waals surface area contributed by atoms with Crippen molar-refractivity contribution < 1.29 is 10.0 Å². The topological polar surface area (TPSA) is 78.9 Å². The molecule has 118 valence electrons. The Morgan fingerprint density at radius 1 is 1.40 bits per heavy atom. The number of amidine groups is 1. The van der Waals surface area contributed by atoms with E-state index in [-0.39, 0.29) is 17.8 Å². The normalized spacial score (nSPS) is 14.2. The fourth-order valence-corrected chi connectivity index (χ4v) is 3.25. The number of oxime groups is 1. The summed E-state index contributed by atoms with van der Waals surface area (Å²) in [5.41, 5.74) is 5.01. The van der Waals surface area contributed by atoms with Crippen LogP contribution >= 0.6 is 11.8 Å². The van der Waals surface area contributed by atoms with Crippen LogP contribution in [0.2, 0.25) is 0 Å². The van der Waals surface area contributed by atoms with E-state index in [0.29, 0.717) is 12.8 Å². The highest BCUT2D eigenvalue weighted by atomic mass is 32.2. The second kappa shape index (κ2) is 9.10. The van der Waals surface area contributed by atoms with Crippen LogP contribution in [0, 0.1) is 5.41 Å². The third-order valence-corrected chi connectivity index (χ3v) is 4.57. The molecule has 0 aromatic rings. The van der Waals surface area contributed by atoms with E-state index in [9.17, 15) is 4.79 Å². The summed E-state index contributed by atoms with van der Waals surface area (Å²) in [6.07, 6.45) is 4.85. The molecule has 0 saturated carbocycles. The van der Waals surface area contributed by atoms with Gasteiger partial charge in [-0.25, -0.2) is 0 Å². The smallest absolute Gasteiger partial charge is 0.236 e. The van der Waals surface area contributed by atoms with Crippen LogP contribution in [0.5, 0.6) is 0 Å². The van der Waals surface area contributed by atoms with E-state index in [1.807, 2.05) is 27.0 Å². The lowest BCUT2D eigenvalue weighted by atomic mass is 9.76. The van der Waals surface area contributed by atoms with Gasteiger partial charge in [0.15, 0.2) is 5.84 Å². The average Bonchev–Trinajstić information content (AvgIpc) is 2.44. The van der Waals surface area contributed by atoms with Crippen molar-refractivity contribution in [2.24, 2.45) is 16.3 Å². The Bertz CT molecular complexity index is 328. The molecular weight excluding hydrogens is 274 g/mol. The molecule has 0 aromatic heterocycles. The van der Waals surface area contributed by atoms with E-state index < -0.39 is 5.41 Å². The molecule has 6 heteroatoms. The van der Waals surface area contributed by atoms with Crippen LogP contribution in [0.3, 0.4) is 0 Å². The van der Waals surface area contributed by atoms with Crippen molar-refractivity contribution in [2.75, 3.05) is 19.1 Å². The highest BCUT2D eigenvalue weighted by Crippen LogP contribution is 2.33. The first-order chi connectivity index (χ1) is 9.41. The van der Waals surface area contributed by atoms with Gasteiger partial charge < -0.3 is 15.8 Å². The summed E-state index contributed by atoms with van der Waals surface area (Å²) in [6.45, 7) is 6.03. The predicted octanol–water partition coefficient (Wildman–Crippen LogP) is 2.53. The van der Waals surface area contributed by atoms with Gasteiger partial charge in [-0.05, 0) is 26.0 Å². The molecule has 0 bridgehead atoms. The quantitative estimate of drug-likeness (QED) is 0.297. The van der Waals surface area contributed by atoms with Crippen molar-refractivity contribution in [2.45, 2.75) is 52.5 Å². The minimum absolute atomic E-state index is 0.0365. The molecule has 3 N–H and O–H groups in total. The molecule has 0 aliphatic rings. The van der Waals surface area contributed by atoms with Gasteiger partial charge in [0.1, 0.15) is 5.41 Å². The number of hydrogen-bond donors (Lipinski definition) is 2. The number of amides is 1. The summed E-state index contributed by atoms with van der Waals surface area (Å²) in [7, 11) is 1.80. The molecule has 0 aliphatic heterocycles. The van der Waals surface area contributed by atoms with E-state index in [2.05, 4.69) is 5.16 Å². The van der Waals surface area contributed by atoms with Crippen molar-refractivity contribution in [1.29, 1.82) is 0 Å². The first-order valence-electron chi connectivity index (χ1n) is 7.15. The van der Waals surface area contributed by atoms with Gasteiger partial charge >= 0.3 is 0 Å². The van der Waals surface area contributed by atoms with Gasteiger partial charge in [-0.2, -0.15) is 11.8 Å². The molecule has 20 heavy (non-hydrogen) atoms. The van der Waals surface area contributed by atoms with Crippen LogP contribution in [0.4, 0.5) is 0 Å². The van der Waals surface area contributed by atoms with Gasteiger partial charge in [0, 0.05) is 18.8 Å². The van der Waals surface area contributed by atoms with Crippen LogP contribution in [-0.2, 0) is 4.79 Å². The van der Waals surface area contributed by atoms with Crippen molar-refractivity contribution in [3.63, 3.8) is 0 Å². The van der Waals surface area contributed by atoms with Crippen LogP contribution in [0.25, 0.3) is 0 Å². The summed E-state index contributed by atoms with van der Waals surface area (Å²) in [4.78, 5) is 14.6. The molecule has 1 unspecified atom stereocenters. The third kappa shape index (κ3) is 4.30. The Hall–Kier alpha value is -0.910. The molecule has 0 rings (SSSR count). The molecule has 0 spiro atoms. The van der Waals surface area contributed by atoms with Crippen molar-refractivity contribution in [1.82, 2.24) is 4.90 Å². The van der Waals surface area contributed by atoms with E-state index >= 15 is 0 Å². The lowest BCUT2D eigenvalue weighted by Gasteiger charge is -2.37. The number of nitrogens with two attached hydrogens (primary N) is 1. The lowest BCUT2D eigenvalue weighted by molar-refractivity contribution is -0.139. The maximum Gasteiger partial charge on any atom is 0.236 e. The van der Waals surface area contributed by atoms with Gasteiger partial charge in [-0.15, -0.1) is 0 Å². The Morgan fingerprint density at radius 2 is 1.90 bits per heavy atom. The second-order valence-electron chi connectivity index (χ2n) is 5.29. The third-order valence-electron chi connectivity index (χ3n) is 3.75. The number of hydrogen-bond acceptors (Lipinski definition) is 4. The summed E-state index contributed by atoms with van der Waals surface area (Å²) in [5.74, 6) is 0.861. The average molecular weight is 303 g/mol. The lowest BCUT2D eigenvalue weighted by Crippen LogP contribution is -2.53. The van der Waals surface area contributed by atoms with Crippen LogP contribution in [0.15, 0.2) is 5.16 Å². The zero-order chi connectivity index (χ0) is 15.8. The number of thioether (sulfide) groups is 1.